The molecule has 1 aromatic heterocycles. The van der Waals surface area contributed by atoms with Crippen LogP contribution in [0.25, 0.3) is 0 Å². The van der Waals surface area contributed by atoms with E-state index in [-0.39, 0.29) is 30.1 Å². The first kappa shape index (κ1) is 19.7. The van der Waals surface area contributed by atoms with Gasteiger partial charge in [-0.15, -0.1) is 35.3 Å². The summed E-state index contributed by atoms with van der Waals surface area (Å²) in [5.74, 6) is 0.993. The van der Waals surface area contributed by atoms with Gasteiger partial charge in [-0.3, -0.25) is 4.99 Å². The number of nitrogens with zero attached hydrogens (tertiary/aromatic N) is 3. The molecule has 3 heterocycles. The Morgan fingerprint density at radius 2 is 2.17 bits per heavy atom. The van der Waals surface area contributed by atoms with Gasteiger partial charge in [0.25, 0.3) is 0 Å². The molecule has 0 aromatic carbocycles. The highest BCUT2D eigenvalue weighted by Crippen LogP contribution is 2.22. The number of piperazine rings is 1. The number of hydrogen-bond donors (Lipinski definition) is 1. The fourth-order valence-electron chi connectivity index (χ4n) is 2.84. The molecular weight excluding hydrogens is 439 g/mol. The summed E-state index contributed by atoms with van der Waals surface area (Å²) < 4.78 is 11.1. The van der Waals surface area contributed by atoms with Gasteiger partial charge in [0, 0.05) is 32.7 Å². The number of ether oxygens (including phenoxy) is 2. The van der Waals surface area contributed by atoms with Gasteiger partial charge in [-0.05, 0) is 24.4 Å². The first-order valence-corrected chi connectivity index (χ1v) is 9.26. The number of halogens is 1. The van der Waals surface area contributed by atoms with Gasteiger partial charge in [-0.1, -0.05) is 0 Å². The normalized spacial score (nSPS) is 22.2. The Morgan fingerprint density at radius 3 is 2.79 bits per heavy atom. The van der Waals surface area contributed by atoms with E-state index in [4.69, 9.17) is 14.5 Å². The number of rotatable bonds is 4. The van der Waals surface area contributed by atoms with Crippen molar-refractivity contribution in [2.45, 2.75) is 13.0 Å². The van der Waals surface area contributed by atoms with Crippen molar-refractivity contribution in [3.8, 4) is 0 Å². The molecule has 1 unspecified atom stereocenters. The topological polar surface area (TPSA) is 49.3 Å². The Kier molecular flexibility index (Phi) is 8.57. The third-order valence-electron chi connectivity index (χ3n) is 4.06. The molecule has 1 aromatic rings. The standard InChI is InChI=1S/C16H26N4O2S.HI/c1-2-17-16(18-12-14-13-21-9-10-22-14)20-7-5-19(6-8-20)15-4-3-11-23-15;/h3-4,11,14H,2,5-10,12-13H2,1H3,(H,17,18);1H. The third-order valence-corrected chi connectivity index (χ3v) is 4.99. The van der Waals surface area contributed by atoms with Gasteiger partial charge in [-0.25, -0.2) is 0 Å². The molecule has 0 aliphatic carbocycles. The highest BCUT2D eigenvalue weighted by Gasteiger charge is 2.21. The number of thiophene rings is 1. The van der Waals surface area contributed by atoms with Crippen molar-refractivity contribution >= 4 is 46.3 Å². The second kappa shape index (κ2) is 10.4. The summed E-state index contributed by atoms with van der Waals surface area (Å²) >= 11 is 1.81. The summed E-state index contributed by atoms with van der Waals surface area (Å²) in [6.45, 7) is 9.73. The number of nitrogens with one attached hydrogen (secondary N) is 1. The smallest absolute Gasteiger partial charge is 0.194 e. The molecule has 2 aliphatic rings. The van der Waals surface area contributed by atoms with Crippen molar-refractivity contribution < 1.29 is 9.47 Å². The minimum atomic E-state index is 0. The fraction of sp³-hybridized carbons (Fsp3) is 0.688. The van der Waals surface area contributed by atoms with Crippen molar-refractivity contribution in [2.24, 2.45) is 4.99 Å². The maximum absolute atomic E-state index is 5.67. The molecule has 8 heteroatoms. The first-order chi connectivity index (χ1) is 11.4. The maximum atomic E-state index is 5.67. The van der Waals surface area contributed by atoms with Gasteiger partial charge in [0.05, 0.1) is 31.4 Å². The highest BCUT2D eigenvalue weighted by molar-refractivity contribution is 14.0. The van der Waals surface area contributed by atoms with E-state index in [1.54, 1.807) is 0 Å². The molecule has 0 amide bonds. The molecule has 1 atom stereocenters. The van der Waals surface area contributed by atoms with Crippen LogP contribution in [0.4, 0.5) is 5.00 Å². The van der Waals surface area contributed by atoms with E-state index in [0.29, 0.717) is 26.4 Å². The highest BCUT2D eigenvalue weighted by atomic mass is 127. The molecule has 0 saturated carbocycles. The van der Waals surface area contributed by atoms with Crippen LogP contribution in [0.5, 0.6) is 0 Å². The molecular formula is C16H27IN4O2S. The zero-order valence-corrected chi connectivity index (χ0v) is 17.3. The second-order valence-corrected chi connectivity index (χ2v) is 6.61. The third kappa shape index (κ3) is 5.47. The van der Waals surface area contributed by atoms with Crippen LogP contribution in [0.3, 0.4) is 0 Å². The lowest BCUT2D eigenvalue weighted by atomic mass is 10.3. The zero-order valence-electron chi connectivity index (χ0n) is 14.1. The maximum Gasteiger partial charge on any atom is 0.194 e. The second-order valence-electron chi connectivity index (χ2n) is 5.69. The lowest BCUT2D eigenvalue weighted by molar-refractivity contribution is -0.0833. The molecule has 136 valence electrons. The lowest BCUT2D eigenvalue weighted by Crippen LogP contribution is -2.52. The lowest BCUT2D eigenvalue weighted by Gasteiger charge is -2.37. The van der Waals surface area contributed by atoms with Crippen LogP contribution >= 0.6 is 35.3 Å². The SMILES string of the molecule is CCNC(=NCC1COCCO1)N1CCN(c2cccs2)CC1.I. The summed E-state index contributed by atoms with van der Waals surface area (Å²) in [4.78, 5) is 9.55. The average molecular weight is 466 g/mol. The van der Waals surface area contributed by atoms with E-state index in [9.17, 15) is 0 Å². The molecule has 0 spiro atoms. The molecule has 0 radical (unpaired) electrons. The van der Waals surface area contributed by atoms with Gasteiger partial charge < -0.3 is 24.6 Å². The predicted octanol–water partition coefficient (Wildman–Crippen LogP) is 1.87. The number of aliphatic imine (C=N–C) groups is 1. The van der Waals surface area contributed by atoms with Gasteiger partial charge in [0.2, 0.25) is 0 Å². The quantitative estimate of drug-likeness (QED) is 0.417. The van der Waals surface area contributed by atoms with E-state index in [1.165, 1.54) is 5.00 Å². The van der Waals surface area contributed by atoms with Crippen LogP contribution in [0.2, 0.25) is 0 Å². The van der Waals surface area contributed by atoms with Gasteiger partial charge in [0.1, 0.15) is 6.10 Å². The predicted molar refractivity (Wildman–Crippen MR) is 110 cm³/mol. The van der Waals surface area contributed by atoms with E-state index < -0.39 is 0 Å². The number of guanidine groups is 1. The number of anilines is 1. The van der Waals surface area contributed by atoms with E-state index in [1.807, 2.05) is 11.3 Å². The van der Waals surface area contributed by atoms with Crippen molar-refractivity contribution in [2.75, 3.05) is 64.0 Å². The van der Waals surface area contributed by atoms with Crippen LogP contribution in [0.1, 0.15) is 6.92 Å². The van der Waals surface area contributed by atoms with Crippen molar-refractivity contribution in [1.29, 1.82) is 0 Å². The zero-order chi connectivity index (χ0) is 15.9. The summed E-state index contributed by atoms with van der Waals surface area (Å²) in [7, 11) is 0. The Labute approximate surface area is 165 Å². The van der Waals surface area contributed by atoms with E-state index >= 15 is 0 Å². The van der Waals surface area contributed by atoms with Crippen LogP contribution in [-0.2, 0) is 9.47 Å². The van der Waals surface area contributed by atoms with Crippen LogP contribution in [0, 0.1) is 0 Å². The largest absolute Gasteiger partial charge is 0.376 e. The minimum Gasteiger partial charge on any atom is -0.376 e. The summed E-state index contributed by atoms with van der Waals surface area (Å²) in [5.41, 5.74) is 0. The molecule has 2 saturated heterocycles. The molecule has 2 fully saturated rings. The summed E-state index contributed by atoms with van der Waals surface area (Å²) in [6, 6.07) is 4.31. The molecule has 24 heavy (non-hydrogen) atoms. The van der Waals surface area contributed by atoms with Gasteiger partial charge in [-0.2, -0.15) is 0 Å². The van der Waals surface area contributed by atoms with Gasteiger partial charge in [0.15, 0.2) is 5.96 Å². The van der Waals surface area contributed by atoms with Crippen LogP contribution in [-0.4, -0.2) is 76.1 Å². The molecule has 3 rings (SSSR count). The first-order valence-electron chi connectivity index (χ1n) is 8.38. The van der Waals surface area contributed by atoms with Crippen LogP contribution in [0.15, 0.2) is 22.5 Å². The number of hydrogen-bond acceptors (Lipinski definition) is 5. The molecule has 1 N–H and O–H groups in total. The summed E-state index contributed by atoms with van der Waals surface area (Å²) in [6.07, 6.45) is 0.0878. The monoisotopic (exact) mass is 466 g/mol. The Balaban J connectivity index is 0.00000208. The molecule has 0 bridgehead atoms. The Hall–Kier alpha value is -0.580. The van der Waals surface area contributed by atoms with E-state index in [2.05, 4.69) is 39.6 Å². The average Bonchev–Trinajstić information content (AvgIpc) is 3.14. The van der Waals surface area contributed by atoms with Crippen LogP contribution < -0.4 is 10.2 Å². The molecule has 6 nitrogen and oxygen atoms in total. The minimum absolute atomic E-state index is 0. The summed E-state index contributed by atoms with van der Waals surface area (Å²) in [5, 5.41) is 6.90. The Bertz CT molecular complexity index is 486. The fourth-order valence-corrected chi connectivity index (χ4v) is 3.63. The Morgan fingerprint density at radius 1 is 1.33 bits per heavy atom. The van der Waals surface area contributed by atoms with Crippen molar-refractivity contribution in [1.82, 2.24) is 10.2 Å². The van der Waals surface area contributed by atoms with Gasteiger partial charge >= 0.3 is 0 Å². The molecule has 2 aliphatic heterocycles. The van der Waals surface area contributed by atoms with E-state index in [0.717, 1.165) is 38.7 Å². The van der Waals surface area contributed by atoms with Crippen molar-refractivity contribution in [3.63, 3.8) is 0 Å². The van der Waals surface area contributed by atoms with Crippen molar-refractivity contribution in [3.05, 3.63) is 17.5 Å².